The number of nitrogen functional groups attached to an aromatic ring is 1. The minimum atomic E-state index is -3.87. The van der Waals surface area contributed by atoms with Gasteiger partial charge in [0.25, 0.3) is 0 Å². The first-order chi connectivity index (χ1) is 9.79. The van der Waals surface area contributed by atoms with Crippen LogP contribution in [0.3, 0.4) is 0 Å². The van der Waals surface area contributed by atoms with E-state index in [1.807, 2.05) is 25.1 Å². The minimum Gasteiger partial charge on any atom is -0.396 e. The molecule has 2 aromatic carbocycles. The van der Waals surface area contributed by atoms with Crippen molar-refractivity contribution < 1.29 is 12.8 Å². The summed E-state index contributed by atoms with van der Waals surface area (Å²) in [6.45, 7) is 2.02. The van der Waals surface area contributed by atoms with Crippen LogP contribution >= 0.6 is 11.6 Å². The van der Waals surface area contributed by atoms with Gasteiger partial charge < -0.3 is 5.73 Å². The van der Waals surface area contributed by atoms with E-state index in [1.165, 1.54) is 0 Å². The summed E-state index contributed by atoms with van der Waals surface area (Å²) in [5.41, 5.74) is 6.95. The van der Waals surface area contributed by atoms with Gasteiger partial charge in [-0.15, -0.1) is 0 Å². The number of hydrogen-bond acceptors (Lipinski definition) is 3. The Balaban J connectivity index is 2.25. The summed E-state index contributed by atoms with van der Waals surface area (Å²) in [7, 11) is -3.87. The Hall–Kier alpha value is -1.63. The Morgan fingerprint density at radius 3 is 2.67 bits per heavy atom. The maximum Gasteiger partial charge on any atom is 0.242 e. The molecule has 0 heterocycles. The third-order valence-electron chi connectivity index (χ3n) is 2.89. The molecule has 0 aliphatic heterocycles. The fraction of sp³-hybridized carbons (Fsp3) is 0.143. The quantitative estimate of drug-likeness (QED) is 0.848. The van der Waals surface area contributed by atoms with Gasteiger partial charge in [-0.05, 0) is 24.6 Å². The number of halogens is 2. The van der Waals surface area contributed by atoms with Gasteiger partial charge >= 0.3 is 0 Å². The van der Waals surface area contributed by atoms with E-state index in [-0.39, 0.29) is 22.2 Å². The molecule has 0 aromatic heterocycles. The fourth-order valence-corrected chi connectivity index (χ4v) is 3.39. The molecule has 0 aliphatic carbocycles. The second-order valence-electron chi connectivity index (χ2n) is 4.62. The zero-order valence-electron chi connectivity index (χ0n) is 11.2. The Bertz CT molecular complexity index is 779. The molecule has 21 heavy (non-hydrogen) atoms. The Morgan fingerprint density at radius 1 is 1.29 bits per heavy atom. The summed E-state index contributed by atoms with van der Waals surface area (Å²) < 4.78 is 40.0. The maximum atomic E-state index is 13.2. The molecule has 0 aliphatic rings. The summed E-state index contributed by atoms with van der Waals surface area (Å²) in [5.74, 6) is -0.752. The number of anilines is 1. The molecule has 0 radical (unpaired) electrons. The fourth-order valence-electron chi connectivity index (χ4n) is 1.83. The van der Waals surface area contributed by atoms with E-state index >= 15 is 0 Å². The molecule has 0 bridgehead atoms. The highest BCUT2D eigenvalue weighted by Gasteiger charge is 2.19. The van der Waals surface area contributed by atoms with Gasteiger partial charge in [-0.1, -0.05) is 41.4 Å². The van der Waals surface area contributed by atoms with E-state index in [1.54, 1.807) is 6.07 Å². The zero-order chi connectivity index (χ0) is 15.6. The summed E-state index contributed by atoms with van der Waals surface area (Å²) in [4.78, 5) is -0.240. The third-order valence-corrected chi connectivity index (χ3v) is 4.76. The van der Waals surface area contributed by atoms with Crippen LogP contribution in [0.5, 0.6) is 0 Å². The van der Waals surface area contributed by atoms with Gasteiger partial charge in [0, 0.05) is 6.54 Å². The van der Waals surface area contributed by atoms with Crippen LogP contribution in [0.1, 0.15) is 11.1 Å². The van der Waals surface area contributed by atoms with Gasteiger partial charge in [-0.2, -0.15) is 0 Å². The van der Waals surface area contributed by atoms with Crippen LogP contribution in [0.15, 0.2) is 41.3 Å². The number of nitrogens with two attached hydrogens (primary N) is 1. The molecule has 0 saturated heterocycles. The molecule has 0 spiro atoms. The molecule has 0 unspecified atom stereocenters. The second-order valence-corrected chi connectivity index (χ2v) is 6.76. The van der Waals surface area contributed by atoms with Crippen molar-refractivity contribution in [3.8, 4) is 0 Å². The lowest BCUT2D eigenvalue weighted by Crippen LogP contribution is -2.23. The maximum absolute atomic E-state index is 13.2. The van der Waals surface area contributed by atoms with Crippen LogP contribution in [0.25, 0.3) is 0 Å². The Morgan fingerprint density at radius 2 is 2.00 bits per heavy atom. The molecule has 0 fully saturated rings. The van der Waals surface area contributed by atoms with Crippen molar-refractivity contribution in [2.24, 2.45) is 0 Å². The highest BCUT2D eigenvalue weighted by molar-refractivity contribution is 7.89. The number of hydrogen-bond donors (Lipinski definition) is 2. The van der Waals surface area contributed by atoms with E-state index in [0.717, 1.165) is 23.3 Å². The number of benzene rings is 2. The van der Waals surface area contributed by atoms with Crippen LogP contribution < -0.4 is 10.5 Å². The normalized spacial score (nSPS) is 11.6. The number of nitrogens with one attached hydrogen (secondary N) is 1. The predicted molar refractivity (Wildman–Crippen MR) is 81.0 cm³/mol. The van der Waals surface area contributed by atoms with Crippen LogP contribution in [-0.2, 0) is 16.6 Å². The average molecular weight is 329 g/mol. The van der Waals surface area contributed by atoms with Gasteiger partial charge in [-0.3, -0.25) is 0 Å². The lowest BCUT2D eigenvalue weighted by atomic mass is 10.1. The molecule has 0 saturated carbocycles. The second kappa shape index (κ2) is 6.01. The molecular formula is C14H14ClFN2O2S. The van der Waals surface area contributed by atoms with E-state index < -0.39 is 15.8 Å². The van der Waals surface area contributed by atoms with E-state index in [0.29, 0.717) is 0 Å². The van der Waals surface area contributed by atoms with Gasteiger partial charge in [0.2, 0.25) is 10.0 Å². The van der Waals surface area contributed by atoms with Crippen LogP contribution in [-0.4, -0.2) is 8.42 Å². The summed E-state index contributed by atoms with van der Waals surface area (Å²) in [5, 5.41) is -0.210. The highest BCUT2D eigenvalue weighted by atomic mass is 35.5. The smallest absolute Gasteiger partial charge is 0.242 e. The Kier molecular flexibility index (Phi) is 4.51. The van der Waals surface area contributed by atoms with Crippen molar-refractivity contribution in [2.45, 2.75) is 18.4 Å². The number of aryl methyl sites for hydroxylation is 1. The lowest BCUT2D eigenvalue weighted by molar-refractivity contribution is 0.580. The molecule has 7 heteroatoms. The van der Waals surface area contributed by atoms with Crippen molar-refractivity contribution in [1.29, 1.82) is 0 Å². The van der Waals surface area contributed by atoms with Gasteiger partial charge in [0.05, 0.1) is 10.7 Å². The van der Waals surface area contributed by atoms with Crippen LogP contribution in [0, 0.1) is 12.7 Å². The van der Waals surface area contributed by atoms with Crippen molar-refractivity contribution in [1.82, 2.24) is 4.72 Å². The average Bonchev–Trinajstić information content (AvgIpc) is 2.41. The standard InChI is InChI=1S/C14H14ClFN2O2S/c1-9-3-2-4-10(5-9)8-18-21(19,20)14-7-13(17)12(16)6-11(14)15/h2-7,18H,8,17H2,1H3. The number of rotatable bonds is 4. The number of sulfonamides is 1. The van der Waals surface area contributed by atoms with Crippen molar-refractivity contribution in [2.75, 3.05) is 5.73 Å². The van der Waals surface area contributed by atoms with Crippen molar-refractivity contribution >= 4 is 27.3 Å². The lowest BCUT2D eigenvalue weighted by Gasteiger charge is -2.10. The minimum absolute atomic E-state index is 0.109. The van der Waals surface area contributed by atoms with E-state index in [2.05, 4.69) is 4.72 Å². The first-order valence-electron chi connectivity index (χ1n) is 6.09. The van der Waals surface area contributed by atoms with Crippen molar-refractivity contribution in [3.63, 3.8) is 0 Å². The summed E-state index contributed by atoms with van der Waals surface area (Å²) in [6, 6.07) is 9.31. The SMILES string of the molecule is Cc1cccc(CNS(=O)(=O)c2cc(N)c(F)cc2Cl)c1. The molecule has 0 atom stereocenters. The molecule has 2 aromatic rings. The first kappa shape index (κ1) is 15.8. The molecule has 2 rings (SSSR count). The van der Waals surface area contributed by atoms with Crippen LogP contribution in [0.2, 0.25) is 5.02 Å². The monoisotopic (exact) mass is 328 g/mol. The first-order valence-corrected chi connectivity index (χ1v) is 7.95. The highest BCUT2D eigenvalue weighted by Crippen LogP contribution is 2.26. The largest absolute Gasteiger partial charge is 0.396 e. The third kappa shape index (κ3) is 3.72. The van der Waals surface area contributed by atoms with E-state index in [9.17, 15) is 12.8 Å². The topological polar surface area (TPSA) is 72.2 Å². The Labute approximate surface area is 127 Å². The molecule has 3 N–H and O–H groups in total. The van der Waals surface area contributed by atoms with Crippen LogP contribution in [0.4, 0.5) is 10.1 Å². The predicted octanol–water partition coefficient (Wildman–Crippen LogP) is 2.85. The van der Waals surface area contributed by atoms with Gasteiger partial charge in [0.1, 0.15) is 10.7 Å². The summed E-state index contributed by atoms with van der Waals surface area (Å²) >= 11 is 5.78. The molecule has 4 nitrogen and oxygen atoms in total. The zero-order valence-corrected chi connectivity index (χ0v) is 12.8. The molecular weight excluding hydrogens is 315 g/mol. The summed E-state index contributed by atoms with van der Waals surface area (Å²) in [6.07, 6.45) is 0. The van der Waals surface area contributed by atoms with Crippen molar-refractivity contribution in [3.05, 3.63) is 58.4 Å². The van der Waals surface area contributed by atoms with Gasteiger partial charge in [-0.25, -0.2) is 17.5 Å². The van der Waals surface area contributed by atoms with Gasteiger partial charge in [0.15, 0.2) is 0 Å². The van der Waals surface area contributed by atoms with E-state index in [4.69, 9.17) is 17.3 Å². The molecule has 112 valence electrons. The molecule has 0 amide bonds.